The van der Waals surface area contributed by atoms with Gasteiger partial charge in [0.1, 0.15) is 18.0 Å². The molecule has 0 fully saturated rings. The average Bonchev–Trinajstić information content (AvgIpc) is 3.09. The number of nitrogen functional groups attached to an aromatic ring is 1. The number of nitrogens with zero attached hydrogens (tertiary/aromatic N) is 5. The van der Waals surface area contributed by atoms with Gasteiger partial charge in [0.2, 0.25) is 0 Å². The molecular weight excluding hydrogens is 316 g/mol. The van der Waals surface area contributed by atoms with Gasteiger partial charge in [0.05, 0.1) is 28.6 Å². The molecule has 2 atom stereocenters. The van der Waals surface area contributed by atoms with Crippen molar-refractivity contribution in [3.8, 4) is 0 Å². The van der Waals surface area contributed by atoms with Crippen LogP contribution in [-0.4, -0.2) is 38.7 Å². The number of aryl methyl sites for hydroxylation is 2. The van der Waals surface area contributed by atoms with Crippen LogP contribution in [-0.2, 0) is 23.6 Å². The van der Waals surface area contributed by atoms with Gasteiger partial charge >= 0.3 is 5.69 Å². The summed E-state index contributed by atoms with van der Waals surface area (Å²) in [5, 5.41) is 18.4. The highest BCUT2D eigenvalue weighted by molar-refractivity contribution is 5.41. The predicted octanol–water partition coefficient (Wildman–Crippen LogP) is 1.75. The zero-order valence-electron chi connectivity index (χ0n) is 14.8. The zero-order valence-corrected chi connectivity index (χ0v) is 14.8. The van der Waals surface area contributed by atoms with Crippen molar-refractivity contribution in [1.29, 1.82) is 0 Å². The Morgan fingerprint density at radius 3 is 1.96 bits per heavy atom. The summed E-state index contributed by atoms with van der Waals surface area (Å²) >= 11 is 0. The molecule has 0 radical (unpaired) electrons. The highest BCUT2D eigenvalue weighted by Gasteiger charge is 2.23. The Bertz CT molecular complexity index is 661. The molecule has 2 aromatic rings. The topological polar surface area (TPSA) is 123 Å². The lowest BCUT2D eigenvalue weighted by Gasteiger charge is -2.10. The maximum atomic E-state index is 10.6. The van der Waals surface area contributed by atoms with Gasteiger partial charge in [-0.25, -0.2) is 0 Å². The minimum absolute atomic E-state index is 0.00231. The Hall–Kier alpha value is -2.46. The summed E-state index contributed by atoms with van der Waals surface area (Å²) in [6.45, 7) is 3.68. The van der Waals surface area contributed by atoms with E-state index in [1.807, 2.05) is 14.0 Å². The van der Waals surface area contributed by atoms with E-state index in [4.69, 9.17) is 15.2 Å². The summed E-state index contributed by atoms with van der Waals surface area (Å²) in [6.07, 6.45) is 2.53. The quantitative estimate of drug-likeness (QED) is 0.649. The molecule has 0 aliphatic rings. The second-order valence-corrected chi connectivity index (χ2v) is 5.16. The molecule has 134 valence electrons. The molecule has 0 amide bonds. The smallest absolute Gasteiger partial charge is 0.312 e. The van der Waals surface area contributed by atoms with Gasteiger partial charge in [0.25, 0.3) is 0 Å². The Morgan fingerprint density at radius 2 is 1.54 bits per heavy atom. The fourth-order valence-electron chi connectivity index (χ4n) is 2.23. The van der Waals surface area contributed by atoms with Crippen molar-refractivity contribution in [3.63, 3.8) is 0 Å². The first-order chi connectivity index (χ1) is 11.2. The third-order valence-electron chi connectivity index (χ3n) is 3.65. The van der Waals surface area contributed by atoms with Gasteiger partial charge in [-0.3, -0.25) is 19.5 Å². The molecule has 0 aliphatic carbocycles. The SMILES string of the molecule is COC(C)c1c(N)cnn1C.COC(C)c1c([N+](=O)[O-])cnn1C. The number of ether oxygens (including phenoxy) is 2. The summed E-state index contributed by atoms with van der Waals surface area (Å²) in [4.78, 5) is 10.1. The molecule has 0 saturated carbocycles. The van der Waals surface area contributed by atoms with E-state index < -0.39 is 4.92 Å². The number of hydrogen-bond acceptors (Lipinski definition) is 7. The van der Waals surface area contributed by atoms with Crippen LogP contribution < -0.4 is 5.73 Å². The Morgan fingerprint density at radius 1 is 1.08 bits per heavy atom. The van der Waals surface area contributed by atoms with Crippen LogP contribution in [0.15, 0.2) is 12.4 Å². The summed E-state index contributed by atoms with van der Waals surface area (Å²) in [7, 11) is 6.65. The molecule has 2 unspecified atom stereocenters. The molecule has 10 heteroatoms. The number of nitrogens with two attached hydrogens (primary N) is 1. The van der Waals surface area contributed by atoms with E-state index in [0.29, 0.717) is 11.4 Å². The molecule has 0 aromatic carbocycles. The molecule has 2 heterocycles. The molecule has 0 bridgehead atoms. The summed E-state index contributed by atoms with van der Waals surface area (Å²) < 4.78 is 13.3. The van der Waals surface area contributed by atoms with Crippen LogP contribution in [0.1, 0.15) is 37.4 Å². The first-order valence-corrected chi connectivity index (χ1v) is 7.23. The van der Waals surface area contributed by atoms with Gasteiger partial charge in [-0.05, 0) is 13.8 Å². The van der Waals surface area contributed by atoms with Crippen LogP contribution in [0.3, 0.4) is 0 Å². The molecule has 10 nitrogen and oxygen atoms in total. The second kappa shape index (κ2) is 8.41. The van der Waals surface area contributed by atoms with Crippen LogP contribution >= 0.6 is 0 Å². The molecular formula is C14H24N6O4. The predicted molar refractivity (Wildman–Crippen MR) is 88.3 cm³/mol. The molecule has 0 spiro atoms. The van der Waals surface area contributed by atoms with E-state index in [1.54, 1.807) is 32.0 Å². The molecule has 0 aliphatic heterocycles. The van der Waals surface area contributed by atoms with Crippen molar-refractivity contribution < 1.29 is 14.4 Å². The Kier molecular flexibility index (Phi) is 6.86. The van der Waals surface area contributed by atoms with Gasteiger partial charge in [-0.1, -0.05) is 0 Å². The lowest BCUT2D eigenvalue weighted by atomic mass is 10.2. The van der Waals surface area contributed by atoms with Crippen LogP contribution in [0.4, 0.5) is 11.4 Å². The average molecular weight is 340 g/mol. The van der Waals surface area contributed by atoms with Gasteiger partial charge in [0, 0.05) is 28.3 Å². The minimum Gasteiger partial charge on any atom is -0.396 e. The van der Waals surface area contributed by atoms with Crippen molar-refractivity contribution >= 4 is 11.4 Å². The van der Waals surface area contributed by atoms with Crippen LogP contribution in [0, 0.1) is 10.1 Å². The van der Waals surface area contributed by atoms with Gasteiger partial charge in [-0.2, -0.15) is 10.2 Å². The monoisotopic (exact) mass is 340 g/mol. The maximum absolute atomic E-state index is 10.6. The molecule has 2 rings (SSSR count). The largest absolute Gasteiger partial charge is 0.396 e. The summed E-state index contributed by atoms with van der Waals surface area (Å²) in [5.41, 5.74) is 7.74. The third-order valence-corrected chi connectivity index (χ3v) is 3.65. The summed E-state index contributed by atoms with van der Waals surface area (Å²) in [5.74, 6) is 0. The highest BCUT2D eigenvalue weighted by atomic mass is 16.6. The first-order valence-electron chi connectivity index (χ1n) is 7.23. The van der Waals surface area contributed by atoms with E-state index in [0.717, 1.165) is 5.69 Å². The lowest BCUT2D eigenvalue weighted by molar-refractivity contribution is -0.386. The van der Waals surface area contributed by atoms with Crippen molar-refractivity contribution in [2.75, 3.05) is 20.0 Å². The second-order valence-electron chi connectivity index (χ2n) is 5.16. The van der Waals surface area contributed by atoms with Gasteiger partial charge < -0.3 is 15.2 Å². The van der Waals surface area contributed by atoms with E-state index in [2.05, 4.69) is 10.2 Å². The number of nitro groups is 1. The van der Waals surface area contributed by atoms with Crippen molar-refractivity contribution in [2.24, 2.45) is 14.1 Å². The Balaban J connectivity index is 0.000000243. The van der Waals surface area contributed by atoms with Gasteiger partial charge in [-0.15, -0.1) is 0 Å². The van der Waals surface area contributed by atoms with Crippen LogP contribution in [0.2, 0.25) is 0 Å². The minimum atomic E-state index is -0.460. The van der Waals surface area contributed by atoms with Crippen LogP contribution in [0.25, 0.3) is 0 Å². The van der Waals surface area contributed by atoms with E-state index >= 15 is 0 Å². The number of rotatable bonds is 5. The molecule has 24 heavy (non-hydrogen) atoms. The van der Waals surface area contributed by atoms with Gasteiger partial charge in [0.15, 0.2) is 0 Å². The van der Waals surface area contributed by atoms with Crippen molar-refractivity contribution in [2.45, 2.75) is 26.1 Å². The van der Waals surface area contributed by atoms with Crippen molar-refractivity contribution in [3.05, 3.63) is 33.9 Å². The van der Waals surface area contributed by atoms with E-state index in [-0.39, 0.29) is 17.9 Å². The molecule has 0 saturated heterocycles. The lowest BCUT2D eigenvalue weighted by Crippen LogP contribution is -2.06. The summed E-state index contributed by atoms with van der Waals surface area (Å²) in [6, 6.07) is 0. The van der Waals surface area contributed by atoms with E-state index in [9.17, 15) is 10.1 Å². The van der Waals surface area contributed by atoms with E-state index in [1.165, 1.54) is 18.0 Å². The zero-order chi connectivity index (χ0) is 18.4. The normalized spacial score (nSPS) is 13.1. The molecule has 2 aromatic heterocycles. The highest BCUT2D eigenvalue weighted by Crippen LogP contribution is 2.25. The standard InChI is InChI=1S/C7H11N3O3.C7H13N3O/c1-5(13-3)7-6(10(11)12)4-8-9(7)2;1-5(11-3)7-6(8)4-9-10(7)2/h4-5H,1-3H3;4-5H,8H2,1-3H3. The van der Waals surface area contributed by atoms with Crippen LogP contribution in [0.5, 0.6) is 0 Å². The number of methoxy groups -OCH3 is 2. The fraction of sp³-hybridized carbons (Fsp3) is 0.571. The fourth-order valence-corrected chi connectivity index (χ4v) is 2.23. The maximum Gasteiger partial charge on any atom is 0.312 e. The van der Waals surface area contributed by atoms with Crippen molar-refractivity contribution in [1.82, 2.24) is 19.6 Å². The third kappa shape index (κ3) is 4.30. The number of anilines is 1. The number of aromatic nitrogens is 4. The molecule has 2 N–H and O–H groups in total. The number of hydrogen-bond donors (Lipinski definition) is 1. The Labute approximate surface area is 140 Å². The first kappa shape index (κ1) is 19.6.